The molecular weight excluding hydrogens is 408 g/mol. The quantitative estimate of drug-likeness (QED) is 0.248. The Bertz CT molecular complexity index is 314. The predicted molar refractivity (Wildman–Crippen MR) is 72.5 cm³/mol. The summed E-state index contributed by atoms with van der Waals surface area (Å²) in [5, 5.41) is 10.6. The first-order valence-corrected chi connectivity index (χ1v) is 6.24. The molecule has 0 aliphatic carbocycles. The zero-order chi connectivity index (χ0) is 10.6. The lowest BCUT2D eigenvalue weighted by Crippen LogP contribution is -2.23. The van der Waals surface area contributed by atoms with Crippen LogP contribution in [0.15, 0.2) is 30.3 Å². The van der Waals surface area contributed by atoms with Gasteiger partial charge in [-0.2, -0.15) is 0 Å². The lowest BCUT2D eigenvalue weighted by Gasteiger charge is -2.11. The van der Waals surface area contributed by atoms with E-state index in [0.29, 0.717) is 6.42 Å². The Morgan fingerprint density at radius 1 is 1.29 bits per heavy atom. The minimum atomic E-state index is -0.884. The van der Waals surface area contributed by atoms with Gasteiger partial charge in [0, 0.05) is 56.5 Å². The highest BCUT2D eigenvalue weighted by Gasteiger charge is 2.34. The molecule has 0 bridgehead atoms. The Balaban J connectivity index is 2.53. The van der Waals surface area contributed by atoms with E-state index in [2.05, 4.69) is 0 Å². The molecule has 0 atom stereocenters. The maximum atomic E-state index is 10.6. The van der Waals surface area contributed by atoms with Gasteiger partial charge < -0.3 is 0 Å². The molecule has 76 valence electrons. The molecule has 0 aliphatic rings. The highest BCUT2D eigenvalue weighted by Crippen LogP contribution is 2.33. The van der Waals surface area contributed by atoms with E-state index in [-0.39, 0.29) is 4.92 Å². The summed E-state index contributed by atoms with van der Waals surface area (Å²) in [6.07, 6.45) is 1.29. The average molecular weight is 417 g/mol. The Morgan fingerprint density at radius 2 is 1.86 bits per heavy atom. The van der Waals surface area contributed by atoms with Crippen molar-refractivity contribution in [2.75, 3.05) is 0 Å². The van der Waals surface area contributed by atoms with Gasteiger partial charge >= 0.3 is 1.55 Å². The zero-order valence-electron chi connectivity index (χ0n) is 7.32. The largest absolute Gasteiger partial charge is 0.316 e. The summed E-state index contributed by atoms with van der Waals surface area (Å²) in [5.74, 6) is 0. The van der Waals surface area contributed by atoms with Crippen LogP contribution < -0.4 is 0 Å². The first kappa shape index (κ1) is 12.2. The normalized spacial score (nSPS) is 11.3. The number of rotatable bonds is 4. The molecule has 1 aromatic carbocycles. The number of nitrogens with zero attached hydrogens (tertiary/aromatic N) is 1. The number of hydrogen-bond acceptors (Lipinski definition) is 2. The summed E-state index contributed by atoms with van der Waals surface area (Å²) in [7, 11) is 0. The van der Waals surface area contributed by atoms with Crippen LogP contribution in [0.2, 0.25) is 0 Å². The SMILES string of the molecule is O=[N+]([O-])C(I)(I)CCc1ccccc1. The molecule has 3 nitrogen and oxygen atoms in total. The van der Waals surface area contributed by atoms with Gasteiger partial charge in [-0.3, -0.25) is 10.1 Å². The van der Waals surface area contributed by atoms with E-state index in [1.807, 2.05) is 75.5 Å². The van der Waals surface area contributed by atoms with E-state index in [4.69, 9.17) is 0 Å². The number of halogens is 2. The predicted octanol–water partition coefficient (Wildman–Crippen LogP) is 3.42. The maximum Gasteiger partial charge on any atom is 0.316 e. The fourth-order valence-corrected chi connectivity index (χ4v) is 1.57. The van der Waals surface area contributed by atoms with Gasteiger partial charge in [0.25, 0.3) is 0 Å². The van der Waals surface area contributed by atoms with Gasteiger partial charge in [0.2, 0.25) is 0 Å². The molecule has 0 aromatic heterocycles. The zero-order valence-corrected chi connectivity index (χ0v) is 11.6. The summed E-state index contributed by atoms with van der Waals surface area (Å²) in [5.41, 5.74) is 1.15. The third kappa shape index (κ3) is 3.68. The monoisotopic (exact) mass is 417 g/mol. The van der Waals surface area contributed by atoms with Crippen molar-refractivity contribution in [3.8, 4) is 0 Å². The molecule has 0 saturated heterocycles. The second-order valence-corrected chi connectivity index (χ2v) is 8.54. The smallest absolute Gasteiger partial charge is 0.262 e. The molecule has 0 radical (unpaired) electrons. The van der Waals surface area contributed by atoms with Gasteiger partial charge in [0.1, 0.15) is 0 Å². The van der Waals surface area contributed by atoms with Gasteiger partial charge in [-0.25, -0.2) is 0 Å². The van der Waals surface area contributed by atoms with Crippen molar-refractivity contribution in [1.82, 2.24) is 0 Å². The van der Waals surface area contributed by atoms with Crippen molar-refractivity contribution in [3.63, 3.8) is 0 Å². The Kier molecular flexibility index (Phi) is 4.55. The molecular formula is C9H9I2NO2. The van der Waals surface area contributed by atoms with Gasteiger partial charge in [-0.15, -0.1) is 0 Å². The van der Waals surface area contributed by atoms with Crippen molar-refractivity contribution in [1.29, 1.82) is 0 Å². The van der Waals surface area contributed by atoms with Crippen LogP contribution in [0, 0.1) is 10.1 Å². The number of benzene rings is 1. The minimum absolute atomic E-state index is 0.239. The van der Waals surface area contributed by atoms with E-state index < -0.39 is 1.55 Å². The molecule has 0 fully saturated rings. The lowest BCUT2D eigenvalue weighted by molar-refractivity contribution is -0.496. The fourth-order valence-electron chi connectivity index (χ4n) is 1.03. The highest BCUT2D eigenvalue weighted by molar-refractivity contribution is 14.2. The van der Waals surface area contributed by atoms with Crippen LogP contribution in [0.1, 0.15) is 12.0 Å². The number of nitro groups is 1. The standard InChI is InChI=1S/C9H9I2NO2/c10-9(11,12(13)14)7-6-8-4-2-1-3-5-8/h1-5H,6-7H2. The van der Waals surface area contributed by atoms with Crippen LogP contribution in [-0.2, 0) is 6.42 Å². The van der Waals surface area contributed by atoms with Gasteiger partial charge in [0.05, 0.1) is 0 Å². The number of hydrogen-bond donors (Lipinski definition) is 0. The summed E-state index contributed by atoms with van der Waals surface area (Å²) in [6, 6.07) is 9.82. The number of aryl methyl sites for hydroxylation is 1. The van der Waals surface area contributed by atoms with Crippen molar-refractivity contribution in [3.05, 3.63) is 46.0 Å². The van der Waals surface area contributed by atoms with E-state index in [1.54, 1.807) is 0 Å². The van der Waals surface area contributed by atoms with Gasteiger partial charge in [-0.05, 0) is 12.0 Å². The second kappa shape index (κ2) is 5.24. The van der Waals surface area contributed by atoms with Crippen LogP contribution in [0.3, 0.4) is 0 Å². The lowest BCUT2D eigenvalue weighted by atomic mass is 10.1. The average Bonchev–Trinajstić information content (AvgIpc) is 2.16. The second-order valence-electron chi connectivity index (χ2n) is 2.91. The molecule has 0 spiro atoms. The molecule has 5 heteroatoms. The molecule has 0 amide bonds. The van der Waals surface area contributed by atoms with Crippen LogP contribution in [0.25, 0.3) is 0 Å². The molecule has 14 heavy (non-hydrogen) atoms. The van der Waals surface area contributed by atoms with Crippen molar-refractivity contribution in [2.24, 2.45) is 0 Å². The molecule has 0 N–H and O–H groups in total. The van der Waals surface area contributed by atoms with E-state index in [0.717, 1.165) is 12.0 Å². The van der Waals surface area contributed by atoms with Crippen LogP contribution in [-0.4, -0.2) is 6.48 Å². The summed E-state index contributed by atoms with van der Waals surface area (Å²) < 4.78 is -0.884. The van der Waals surface area contributed by atoms with Crippen LogP contribution in [0.4, 0.5) is 0 Å². The maximum absolute atomic E-state index is 10.6. The minimum Gasteiger partial charge on any atom is -0.262 e. The van der Waals surface area contributed by atoms with E-state index in [9.17, 15) is 10.1 Å². The Hall–Kier alpha value is 0.0800. The summed E-state index contributed by atoms with van der Waals surface area (Å²) in [6.45, 7) is 0. The first-order valence-electron chi connectivity index (χ1n) is 4.08. The van der Waals surface area contributed by atoms with Crippen molar-refractivity contribution < 1.29 is 4.92 Å². The molecule has 0 heterocycles. The fraction of sp³-hybridized carbons (Fsp3) is 0.333. The molecule has 0 aliphatic heterocycles. The van der Waals surface area contributed by atoms with Gasteiger partial charge in [0.15, 0.2) is 0 Å². The number of alkyl halides is 2. The van der Waals surface area contributed by atoms with E-state index in [1.165, 1.54) is 0 Å². The van der Waals surface area contributed by atoms with Crippen molar-refractivity contribution >= 4 is 45.2 Å². The third-order valence-electron chi connectivity index (χ3n) is 1.82. The Morgan fingerprint density at radius 3 is 2.36 bits per heavy atom. The Labute approximate surface area is 110 Å². The van der Waals surface area contributed by atoms with Crippen LogP contribution in [0.5, 0.6) is 0 Å². The summed E-state index contributed by atoms with van der Waals surface area (Å²) in [4.78, 5) is 10.4. The van der Waals surface area contributed by atoms with Crippen molar-refractivity contribution in [2.45, 2.75) is 14.4 Å². The highest BCUT2D eigenvalue weighted by atomic mass is 127. The molecule has 0 saturated carbocycles. The van der Waals surface area contributed by atoms with Crippen LogP contribution >= 0.6 is 45.2 Å². The topological polar surface area (TPSA) is 43.1 Å². The molecule has 1 rings (SSSR count). The van der Waals surface area contributed by atoms with Gasteiger partial charge in [-0.1, -0.05) is 30.3 Å². The molecule has 1 aromatic rings. The van der Waals surface area contributed by atoms with E-state index >= 15 is 0 Å². The first-order chi connectivity index (χ1) is 6.52. The summed E-state index contributed by atoms with van der Waals surface area (Å²) >= 11 is 3.76. The molecule has 0 unspecified atom stereocenters. The third-order valence-corrected chi connectivity index (χ3v) is 3.69.